The minimum Gasteiger partial charge on any atom is -0.550 e. The Bertz CT molecular complexity index is 1470. The first-order valence-electron chi connectivity index (χ1n) is 16.2. The fourth-order valence-electron chi connectivity index (χ4n) is 4.96. The SMILES string of the molecule is CC(=O)[O-].CC(=O)[O-].CC(C)c1cc(CC(C)(C)C)cc(C=Nc2ccccc2N=Cc2cc(CC(C)(C)C)cc(C(C)C)c2O)c1O.[Co+2]. The zero-order chi connectivity index (χ0) is 37.0. The zero-order valence-corrected chi connectivity index (χ0v) is 32.1. The third-order valence-corrected chi connectivity index (χ3v) is 6.74. The van der Waals surface area contributed by atoms with Crippen molar-refractivity contribution in [3.63, 3.8) is 0 Å². The number of carboxylic acid groups (broad SMARTS) is 2. The Balaban J connectivity index is 0.00000230. The van der Waals surface area contributed by atoms with Crippen LogP contribution in [0.25, 0.3) is 0 Å². The average molecular weight is 718 g/mol. The van der Waals surface area contributed by atoms with Crippen molar-refractivity contribution in [2.24, 2.45) is 20.8 Å². The molecule has 1 radical (unpaired) electrons. The van der Waals surface area contributed by atoms with Gasteiger partial charge in [-0.05, 0) is 95.9 Å². The van der Waals surface area contributed by atoms with Gasteiger partial charge in [0, 0.05) is 35.5 Å². The number of para-hydroxylation sites is 2. The van der Waals surface area contributed by atoms with Crippen LogP contribution >= 0.6 is 0 Å². The molecule has 0 aromatic heterocycles. The molecule has 2 N–H and O–H groups in total. The molecule has 0 fully saturated rings. The van der Waals surface area contributed by atoms with Crippen molar-refractivity contribution in [3.05, 3.63) is 81.9 Å². The van der Waals surface area contributed by atoms with Crippen molar-refractivity contribution >= 4 is 35.7 Å². The van der Waals surface area contributed by atoms with Gasteiger partial charge >= 0.3 is 16.8 Å². The molecule has 49 heavy (non-hydrogen) atoms. The van der Waals surface area contributed by atoms with Crippen LogP contribution < -0.4 is 10.2 Å². The third-order valence-electron chi connectivity index (χ3n) is 6.74. The van der Waals surface area contributed by atoms with E-state index in [1.54, 1.807) is 12.4 Å². The van der Waals surface area contributed by atoms with Crippen LogP contribution in [0.2, 0.25) is 0 Å². The minimum absolute atomic E-state index is 0. The predicted octanol–water partition coefficient (Wildman–Crippen LogP) is 7.53. The van der Waals surface area contributed by atoms with Crippen LogP contribution in [0.4, 0.5) is 11.4 Å². The fraction of sp³-hybridized carbons (Fsp3) is 0.450. The molecule has 3 aromatic rings. The Hall–Kier alpha value is -3.95. The Morgan fingerprint density at radius 3 is 1.20 bits per heavy atom. The van der Waals surface area contributed by atoms with E-state index in [1.807, 2.05) is 36.4 Å². The molecular weight excluding hydrogens is 663 g/mol. The number of rotatable bonds is 8. The normalized spacial score (nSPS) is 11.6. The van der Waals surface area contributed by atoms with Crippen molar-refractivity contribution in [3.8, 4) is 11.5 Å². The van der Waals surface area contributed by atoms with Gasteiger partial charge in [-0.2, -0.15) is 0 Å². The van der Waals surface area contributed by atoms with E-state index in [2.05, 4.69) is 81.4 Å². The van der Waals surface area contributed by atoms with Gasteiger partial charge in [0.15, 0.2) is 0 Å². The van der Waals surface area contributed by atoms with Gasteiger partial charge in [-0.25, -0.2) is 0 Å². The molecule has 0 unspecified atom stereocenters. The van der Waals surface area contributed by atoms with E-state index in [-0.39, 0.29) is 50.9 Å². The maximum Gasteiger partial charge on any atom is 2.00 e. The van der Waals surface area contributed by atoms with Crippen LogP contribution in [-0.2, 0) is 39.2 Å². The van der Waals surface area contributed by atoms with E-state index in [1.165, 1.54) is 11.1 Å². The summed E-state index contributed by atoms with van der Waals surface area (Å²) in [6.07, 6.45) is 5.29. The largest absolute Gasteiger partial charge is 2.00 e. The maximum atomic E-state index is 11.0. The van der Waals surface area contributed by atoms with E-state index in [4.69, 9.17) is 29.8 Å². The van der Waals surface area contributed by atoms with Crippen LogP contribution in [0.3, 0.4) is 0 Å². The molecule has 3 rings (SSSR count). The Kier molecular flexibility index (Phi) is 18.3. The van der Waals surface area contributed by atoms with Gasteiger partial charge in [0.25, 0.3) is 0 Å². The van der Waals surface area contributed by atoms with Gasteiger partial charge in [-0.1, -0.05) is 93.5 Å². The zero-order valence-electron chi connectivity index (χ0n) is 31.1. The molecule has 0 saturated carbocycles. The predicted molar refractivity (Wildman–Crippen MR) is 193 cm³/mol. The number of phenols is 2. The van der Waals surface area contributed by atoms with Crippen LogP contribution in [0.5, 0.6) is 11.5 Å². The first-order chi connectivity index (χ1) is 22.0. The third kappa shape index (κ3) is 17.3. The molecule has 0 atom stereocenters. The van der Waals surface area contributed by atoms with Crippen molar-refractivity contribution in [2.45, 2.75) is 108 Å². The number of carboxylic acids is 2. The first kappa shape index (κ1) is 45.0. The Morgan fingerprint density at radius 1 is 0.673 bits per heavy atom. The van der Waals surface area contributed by atoms with E-state index in [0.717, 1.165) is 37.8 Å². The van der Waals surface area contributed by atoms with Gasteiger partial charge in [-0.3, -0.25) is 9.98 Å². The number of benzene rings is 3. The fourth-order valence-corrected chi connectivity index (χ4v) is 4.96. The molecular formula is C40H54CoN2O6. The second-order valence-electron chi connectivity index (χ2n) is 15.0. The molecule has 0 heterocycles. The van der Waals surface area contributed by atoms with Gasteiger partial charge in [0.2, 0.25) is 0 Å². The molecule has 0 saturated heterocycles. The van der Waals surface area contributed by atoms with Crippen LogP contribution in [0.15, 0.2) is 58.5 Å². The van der Waals surface area contributed by atoms with Crippen LogP contribution in [-0.4, -0.2) is 34.6 Å². The van der Waals surface area contributed by atoms with Crippen molar-refractivity contribution in [1.82, 2.24) is 0 Å². The summed E-state index contributed by atoms with van der Waals surface area (Å²) in [4.78, 5) is 27.3. The Labute approximate surface area is 303 Å². The number of phenolic OH excluding ortho intramolecular Hbond substituents is 2. The van der Waals surface area contributed by atoms with E-state index in [0.29, 0.717) is 22.5 Å². The topological polar surface area (TPSA) is 145 Å². The number of nitrogens with zero attached hydrogens (tertiary/aromatic N) is 2. The summed E-state index contributed by atoms with van der Waals surface area (Å²) >= 11 is 0. The van der Waals surface area contributed by atoms with Gasteiger partial charge in [0.05, 0.1) is 11.4 Å². The molecule has 0 amide bonds. The second kappa shape index (κ2) is 19.9. The monoisotopic (exact) mass is 717 g/mol. The summed E-state index contributed by atoms with van der Waals surface area (Å²) in [7, 11) is 0. The number of hydrogen-bond donors (Lipinski definition) is 2. The van der Waals surface area contributed by atoms with Gasteiger partial charge < -0.3 is 30.0 Å². The number of carbonyl (C=O) groups is 2. The van der Waals surface area contributed by atoms with Gasteiger partial charge in [0.1, 0.15) is 11.5 Å². The van der Waals surface area contributed by atoms with Gasteiger partial charge in [-0.15, -0.1) is 0 Å². The summed E-state index contributed by atoms with van der Waals surface area (Å²) in [6, 6.07) is 16.0. The summed E-state index contributed by atoms with van der Waals surface area (Å²) in [5.74, 6) is -1.22. The van der Waals surface area contributed by atoms with E-state index >= 15 is 0 Å². The first-order valence-corrected chi connectivity index (χ1v) is 16.2. The quantitative estimate of drug-likeness (QED) is 0.231. The van der Waals surface area contributed by atoms with E-state index < -0.39 is 11.9 Å². The van der Waals surface area contributed by atoms with E-state index in [9.17, 15) is 10.2 Å². The molecule has 0 aliphatic carbocycles. The number of aliphatic imine (C=N–C) groups is 2. The standard InChI is InChI=1S/C36H48N2O2.2C2H4O2.Co/c1-23(2)29-17-25(19-35(5,6)7)15-27(33(29)39)21-37-31-13-11-12-14-32(31)38-22-28-16-26(20-36(8,9)10)18-30(24(3)4)34(28)40;2*1-2(3)4;/h11-18,21-24,39-40H,19-20H2,1-10H3;2*1H3,(H,3,4);/q;;;+2/p-2. The number of hydrogen-bond acceptors (Lipinski definition) is 8. The minimum atomic E-state index is -1.08. The molecule has 0 aliphatic rings. The number of aromatic hydroxyl groups is 2. The number of aliphatic carboxylic acids is 2. The van der Waals surface area contributed by atoms with Crippen LogP contribution in [0, 0.1) is 10.8 Å². The van der Waals surface area contributed by atoms with Crippen LogP contribution in [0.1, 0.15) is 128 Å². The molecule has 9 heteroatoms. The molecule has 0 aliphatic heterocycles. The molecule has 0 spiro atoms. The smallest absolute Gasteiger partial charge is 0.550 e. The summed E-state index contributed by atoms with van der Waals surface area (Å²) < 4.78 is 0. The van der Waals surface area contributed by atoms with Crippen molar-refractivity contribution in [2.75, 3.05) is 0 Å². The molecule has 8 nitrogen and oxygen atoms in total. The Morgan fingerprint density at radius 2 is 0.959 bits per heavy atom. The van der Waals surface area contributed by atoms with Crippen molar-refractivity contribution < 1.29 is 46.8 Å². The van der Waals surface area contributed by atoms with Crippen molar-refractivity contribution in [1.29, 1.82) is 0 Å². The summed E-state index contributed by atoms with van der Waals surface area (Å²) in [5, 5.41) is 39.9. The number of carbonyl (C=O) groups excluding carboxylic acids is 2. The molecule has 0 bridgehead atoms. The summed E-state index contributed by atoms with van der Waals surface area (Å²) in [6.45, 7) is 23.6. The summed E-state index contributed by atoms with van der Waals surface area (Å²) in [5.41, 5.74) is 7.30. The molecule has 3 aromatic carbocycles. The maximum absolute atomic E-state index is 11.0. The average Bonchev–Trinajstić information content (AvgIpc) is 2.91. The second-order valence-corrected chi connectivity index (χ2v) is 15.0. The molecule has 269 valence electrons.